The van der Waals surface area contributed by atoms with Crippen molar-refractivity contribution < 1.29 is 9.53 Å². The molecule has 1 aliphatic rings. The van der Waals surface area contributed by atoms with Crippen LogP contribution in [0.1, 0.15) is 40.5 Å². The number of amides is 1. The van der Waals surface area contributed by atoms with Gasteiger partial charge in [-0.25, -0.2) is 0 Å². The summed E-state index contributed by atoms with van der Waals surface area (Å²) in [5, 5.41) is 9.66. The molecule has 1 fully saturated rings. The summed E-state index contributed by atoms with van der Waals surface area (Å²) in [4.78, 5) is 18.4. The highest BCUT2D eigenvalue weighted by Gasteiger charge is 2.26. The number of morpholine rings is 1. The third-order valence-electron chi connectivity index (χ3n) is 5.05. The van der Waals surface area contributed by atoms with Crippen molar-refractivity contribution in [2.45, 2.75) is 46.6 Å². The molecule has 0 aromatic carbocycles. The van der Waals surface area contributed by atoms with Gasteiger partial charge in [-0.3, -0.25) is 14.7 Å². The van der Waals surface area contributed by atoms with E-state index in [1.54, 1.807) is 7.05 Å². The van der Waals surface area contributed by atoms with E-state index in [1.165, 1.54) is 12.8 Å². The largest absolute Gasteiger partial charge is 0.379 e. The van der Waals surface area contributed by atoms with Crippen molar-refractivity contribution in [3.8, 4) is 0 Å². The number of guanidine groups is 1. The molecule has 26 heavy (non-hydrogen) atoms. The predicted molar refractivity (Wildman–Crippen MR) is 107 cm³/mol. The SMILES string of the molecule is CCC(CC)C(CNC(=NC)NCCNC(=O)C(C)C)N1CCOCC1. The summed E-state index contributed by atoms with van der Waals surface area (Å²) in [5.74, 6) is 1.54. The number of nitrogens with zero attached hydrogens (tertiary/aromatic N) is 2. The molecule has 0 aromatic heterocycles. The van der Waals surface area contributed by atoms with Crippen LogP contribution in [0.3, 0.4) is 0 Å². The first-order valence-corrected chi connectivity index (χ1v) is 10.1. The van der Waals surface area contributed by atoms with Crippen molar-refractivity contribution in [1.82, 2.24) is 20.9 Å². The molecule has 1 unspecified atom stereocenters. The number of carbonyl (C=O) groups is 1. The molecule has 0 aromatic rings. The van der Waals surface area contributed by atoms with E-state index >= 15 is 0 Å². The summed E-state index contributed by atoms with van der Waals surface area (Å²) in [6, 6.07) is 0.480. The Kier molecular flexibility index (Phi) is 11.3. The van der Waals surface area contributed by atoms with Crippen LogP contribution in [0.15, 0.2) is 4.99 Å². The van der Waals surface area contributed by atoms with Crippen LogP contribution in [-0.4, -0.2) is 75.8 Å². The van der Waals surface area contributed by atoms with Gasteiger partial charge in [-0.2, -0.15) is 0 Å². The van der Waals surface area contributed by atoms with Crippen molar-refractivity contribution in [3.05, 3.63) is 0 Å². The number of hydrogen-bond acceptors (Lipinski definition) is 4. The van der Waals surface area contributed by atoms with E-state index < -0.39 is 0 Å². The Morgan fingerprint density at radius 2 is 1.69 bits per heavy atom. The molecule has 0 spiro atoms. The van der Waals surface area contributed by atoms with Gasteiger partial charge in [0.15, 0.2) is 5.96 Å². The summed E-state index contributed by atoms with van der Waals surface area (Å²) in [5.41, 5.74) is 0. The third kappa shape index (κ3) is 7.91. The first kappa shape index (κ1) is 22.7. The lowest BCUT2D eigenvalue weighted by Gasteiger charge is -2.39. The van der Waals surface area contributed by atoms with Gasteiger partial charge in [0.2, 0.25) is 5.91 Å². The van der Waals surface area contributed by atoms with Gasteiger partial charge in [-0.05, 0) is 5.92 Å². The number of aliphatic imine (C=N–C) groups is 1. The van der Waals surface area contributed by atoms with Crippen LogP contribution in [0.2, 0.25) is 0 Å². The van der Waals surface area contributed by atoms with Gasteiger partial charge in [-0.1, -0.05) is 40.5 Å². The Hall–Kier alpha value is -1.34. The molecule has 1 saturated heterocycles. The fourth-order valence-corrected chi connectivity index (χ4v) is 3.33. The van der Waals surface area contributed by atoms with Crippen LogP contribution < -0.4 is 16.0 Å². The normalized spacial score (nSPS) is 17.4. The van der Waals surface area contributed by atoms with E-state index in [0.29, 0.717) is 25.0 Å². The quantitative estimate of drug-likeness (QED) is 0.305. The average Bonchev–Trinajstić information content (AvgIpc) is 2.66. The zero-order chi connectivity index (χ0) is 19.4. The van der Waals surface area contributed by atoms with Crippen molar-refractivity contribution >= 4 is 11.9 Å². The zero-order valence-corrected chi connectivity index (χ0v) is 17.3. The highest BCUT2D eigenvalue weighted by Crippen LogP contribution is 2.19. The molecule has 0 aliphatic carbocycles. The summed E-state index contributed by atoms with van der Waals surface area (Å²) >= 11 is 0. The van der Waals surface area contributed by atoms with Crippen LogP contribution in [-0.2, 0) is 9.53 Å². The van der Waals surface area contributed by atoms with E-state index in [-0.39, 0.29) is 11.8 Å². The fourth-order valence-electron chi connectivity index (χ4n) is 3.33. The number of carbonyl (C=O) groups excluding carboxylic acids is 1. The molecule has 1 aliphatic heterocycles. The van der Waals surface area contributed by atoms with E-state index in [4.69, 9.17) is 4.74 Å². The van der Waals surface area contributed by atoms with Gasteiger partial charge in [0.1, 0.15) is 0 Å². The highest BCUT2D eigenvalue weighted by molar-refractivity contribution is 5.80. The monoisotopic (exact) mass is 369 g/mol. The molecule has 1 atom stereocenters. The lowest BCUT2D eigenvalue weighted by atomic mass is 9.92. The van der Waals surface area contributed by atoms with Crippen LogP contribution >= 0.6 is 0 Å². The third-order valence-corrected chi connectivity index (χ3v) is 5.05. The van der Waals surface area contributed by atoms with E-state index in [0.717, 1.165) is 38.8 Å². The van der Waals surface area contributed by atoms with E-state index in [1.807, 2.05) is 13.8 Å². The summed E-state index contributed by atoms with van der Waals surface area (Å²) < 4.78 is 5.51. The standard InChI is InChI=1S/C19H39N5O2/c1-6-16(7-2)17(24-10-12-26-13-11-24)14-23-19(20-5)22-9-8-21-18(25)15(3)4/h15-17H,6-14H2,1-5H3,(H,21,25)(H2,20,22,23). The molecule has 7 nitrogen and oxygen atoms in total. The van der Waals surface area contributed by atoms with E-state index in [9.17, 15) is 4.79 Å². The molecule has 3 N–H and O–H groups in total. The topological polar surface area (TPSA) is 78.0 Å². The number of nitrogens with one attached hydrogen (secondary N) is 3. The molecule has 0 saturated carbocycles. The Balaban J connectivity index is 2.47. The molecule has 1 rings (SSSR count). The van der Waals surface area contributed by atoms with Gasteiger partial charge in [-0.15, -0.1) is 0 Å². The maximum absolute atomic E-state index is 11.6. The van der Waals surface area contributed by atoms with Crippen LogP contribution in [0.25, 0.3) is 0 Å². The van der Waals surface area contributed by atoms with Gasteiger partial charge in [0.05, 0.1) is 13.2 Å². The number of ether oxygens (including phenoxy) is 1. The number of rotatable bonds is 10. The van der Waals surface area contributed by atoms with Gasteiger partial charge >= 0.3 is 0 Å². The molecule has 7 heteroatoms. The molecule has 0 bridgehead atoms. The molecular weight excluding hydrogens is 330 g/mol. The zero-order valence-electron chi connectivity index (χ0n) is 17.3. The first-order valence-electron chi connectivity index (χ1n) is 10.1. The lowest BCUT2D eigenvalue weighted by molar-refractivity contribution is -0.123. The minimum atomic E-state index is 0.0155. The molecule has 0 radical (unpaired) electrons. The van der Waals surface area contributed by atoms with E-state index in [2.05, 4.69) is 39.7 Å². The lowest BCUT2D eigenvalue weighted by Crippen LogP contribution is -2.53. The molecule has 1 heterocycles. The fraction of sp³-hybridized carbons (Fsp3) is 0.895. The van der Waals surface area contributed by atoms with Crippen molar-refractivity contribution in [1.29, 1.82) is 0 Å². The second-order valence-corrected chi connectivity index (χ2v) is 7.12. The Bertz CT molecular complexity index is 418. The minimum Gasteiger partial charge on any atom is -0.379 e. The van der Waals surface area contributed by atoms with Gasteiger partial charge in [0.25, 0.3) is 0 Å². The molecule has 152 valence electrons. The molecular formula is C19H39N5O2. The van der Waals surface area contributed by atoms with Crippen molar-refractivity contribution in [3.63, 3.8) is 0 Å². The second-order valence-electron chi connectivity index (χ2n) is 7.12. The van der Waals surface area contributed by atoms with Crippen LogP contribution in [0.4, 0.5) is 0 Å². The summed E-state index contributed by atoms with van der Waals surface area (Å²) in [6.45, 7) is 14.1. The smallest absolute Gasteiger partial charge is 0.222 e. The van der Waals surface area contributed by atoms with Gasteiger partial charge < -0.3 is 20.7 Å². The maximum atomic E-state index is 11.6. The highest BCUT2D eigenvalue weighted by atomic mass is 16.5. The average molecular weight is 370 g/mol. The molecule has 1 amide bonds. The predicted octanol–water partition coefficient (Wildman–Crippen LogP) is 1.06. The minimum absolute atomic E-state index is 0.0155. The summed E-state index contributed by atoms with van der Waals surface area (Å²) in [6.07, 6.45) is 2.35. The Labute approximate surface area is 159 Å². The van der Waals surface area contributed by atoms with Crippen molar-refractivity contribution in [2.75, 3.05) is 53.0 Å². The Morgan fingerprint density at radius 3 is 2.23 bits per heavy atom. The summed E-state index contributed by atoms with van der Waals surface area (Å²) in [7, 11) is 1.78. The maximum Gasteiger partial charge on any atom is 0.222 e. The van der Waals surface area contributed by atoms with Crippen molar-refractivity contribution in [2.24, 2.45) is 16.8 Å². The second kappa shape index (κ2) is 12.9. The van der Waals surface area contributed by atoms with Crippen LogP contribution in [0, 0.1) is 11.8 Å². The van der Waals surface area contributed by atoms with Crippen LogP contribution in [0.5, 0.6) is 0 Å². The Morgan fingerprint density at radius 1 is 1.08 bits per heavy atom. The van der Waals surface area contributed by atoms with Gasteiger partial charge in [0, 0.05) is 51.7 Å². The number of hydrogen-bond donors (Lipinski definition) is 3. The first-order chi connectivity index (χ1) is 12.5.